The summed E-state index contributed by atoms with van der Waals surface area (Å²) in [5.41, 5.74) is 0.469. The molecule has 1 aromatic carbocycles. The highest BCUT2D eigenvalue weighted by atomic mass is 35.5. The molecule has 17 heavy (non-hydrogen) atoms. The first kappa shape index (κ1) is 13.7. The van der Waals surface area contributed by atoms with Gasteiger partial charge in [-0.1, -0.05) is 11.6 Å². The first-order chi connectivity index (χ1) is 7.99. The molecule has 0 N–H and O–H groups in total. The number of hydrogen-bond donors (Lipinski definition) is 0. The number of nitro groups is 1. The van der Waals surface area contributed by atoms with E-state index in [-0.39, 0.29) is 28.6 Å². The summed E-state index contributed by atoms with van der Waals surface area (Å²) < 4.78 is 4.48. The van der Waals surface area contributed by atoms with Crippen LogP contribution in [-0.4, -0.2) is 18.0 Å². The van der Waals surface area contributed by atoms with Crippen LogP contribution in [0.1, 0.15) is 11.1 Å². The Morgan fingerprint density at radius 2 is 2.18 bits per heavy atom. The smallest absolute Gasteiger partial charge is 0.310 e. The van der Waals surface area contributed by atoms with E-state index in [9.17, 15) is 14.9 Å². The SMILES string of the molecule is COC(=O)Cc1c(CCl)cc(Cl)cc1[N+](=O)[O-]. The molecule has 1 rings (SSSR count). The van der Waals surface area contributed by atoms with Crippen LogP contribution in [0.3, 0.4) is 0 Å². The van der Waals surface area contributed by atoms with Crippen molar-refractivity contribution >= 4 is 34.9 Å². The summed E-state index contributed by atoms with van der Waals surface area (Å²) in [6.45, 7) is 0. The standard InChI is InChI=1S/C10H9Cl2NO4/c1-17-10(14)4-8-6(5-11)2-7(12)3-9(8)13(15)16/h2-3H,4-5H2,1H3. The van der Waals surface area contributed by atoms with E-state index in [1.54, 1.807) is 0 Å². The number of halogens is 2. The van der Waals surface area contributed by atoms with Gasteiger partial charge in [-0.15, -0.1) is 11.6 Å². The molecule has 0 amide bonds. The van der Waals surface area contributed by atoms with Crippen molar-refractivity contribution < 1.29 is 14.5 Å². The van der Waals surface area contributed by atoms with Crippen molar-refractivity contribution in [2.45, 2.75) is 12.3 Å². The van der Waals surface area contributed by atoms with Crippen LogP contribution in [0.15, 0.2) is 12.1 Å². The van der Waals surface area contributed by atoms with E-state index < -0.39 is 10.9 Å². The van der Waals surface area contributed by atoms with Gasteiger partial charge in [-0.05, 0) is 11.6 Å². The number of nitro benzene ring substituents is 1. The maximum Gasteiger partial charge on any atom is 0.310 e. The number of carbonyl (C=O) groups is 1. The van der Waals surface area contributed by atoms with Gasteiger partial charge in [0.2, 0.25) is 0 Å². The summed E-state index contributed by atoms with van der Waals surface area (Å²) in [5.74, 6) is -0.532. The third kappa shape index (κ3) is 3.31. The Morgan fingerprint density at radius 3 is 2.65 bits per heavy atom. The second-order valence-electron chi connectivity index (χ2n) is 3.21. The number of carbonyl (C=O) groups excluding carboxylic acids is 1. The number of alkyl halides is 1. The third-order valence-corrected chi connectivity index (χ3v) is 2.68. The van der Waals surface area contributed by atoms with Gasteiger partial charge in [-0.2, -0.15) is 0 Å². The van der Waals surface area contributed by atoms with E-state index in [1.807, 2.05) is 0 Å². The maximum atomic E-state index is 11.2. The molecule has 92 valence electrons. The first-order valence-corrected chi connectivity index (χ1v) is 5.49. The highest BCUT2D eigenvalue weighted by Gasteiger charge is 2.21. The highest BCUT2D eigenvalue weighted by Crippen LogP contribution is 2.29. The number of benzene rings is 1. The van der Waals surface area contributed by atoms with Crippen LogP contribution in [0.5, 0.6) is 0 Å². The van der Waals surface area contributed by atoms with Crippen molar-refractivity contribution in [3.8, 4) is 0 Å². The molecule has 0 fully saturated rings. The molecular formula is C10H9Cl2NO4. The molecule has 5 nitrogen and oxygen atoms in total. The third-order valence-electron chi connectivity index (χ3n) is 2.17. The van der Waals surface area contributed by atoms with E-state index in [1.165, 1.54) is 19.2 Å². The minimum absolute atomic E-state index is 0.0354. The second-order valence-corrected chi connectivity index (χ2v) is 3.91. The fourth-order valence-corrected chi connectivity index (χ4v) is 1.85. The first-order valence-electron chi connectivity index (χ1n) is 4.58. The van der Waals surface area contributed by atoms with Crippen LogP contribution < -0.4 is 0 Å². The van der Waals surface area contributed by atoms with Gasteiger partial charge in [0.25, 0.3) is 5.69 Å². The number of methoxy groups -OCH3 is 1. The van der Waals surface area contributed by atoms with E-state index in [2.05, 4.69) is 4.74 Å². The molecule has 0 unspecified atom stereocenters. The number of ether oxygens (including phenoxy) is 1. The van der Waals surface area contributed by atoms with Crippen molar-refractivity contribution in [2.24, 2.45) is 0 Å². The van der Waals surface area contributed by atoms with Crippen molar-refractivity contribution in [3.05, 3.63) is 38.4 Å². The van der Waals surface area contributed by atoms with Crippen LogP contribution in [-0.2, 0) is 21.8 Å². The Labute approximate surface area is 107 Å². The number of rotatable bonds is 4. The molecule has 0 radical (unpaired) electrons. The van der Waals surface area contributed by atoms with Crippen LogP contribution in [0, 0.1) is 10.1 Å². The lowest BCUT2D eigenvalue weighted by atomic mass is 10.0. The summed E-state index contributed by atoms with van der Waals surface area (Å²) in [5, 5.41) is 11.1. The lowest BCUT2D eigenvalue weighted by molar-refractivity contribution is -0.385. The molecule has 0 aromatic heterocycles. The zero-order chi connectivity index (χ0) is 13.0. The molecule has 1 aromatic rings. The average molecular weight is 278 g/mol. The molecule has 0 aliphatic carbocycles. The molecule has 0 bridgehead atoms. The van der Waals surface area contributed by atoms with Crippen LogP contribution in [0.25, 0.3) is 0 Å². The number of nitrogens with zero attached hydrogens (tertiary/aromatic N) is 1. The van der Waals surface area contributed by atoms with Crippen LogP contribution in [0.4, 0.5) is 5.69 Å². The second kappa shape index (κ2) is 5.84. The van der Waals surface area contributed by atoms with Gasteiger partial charge in [0, 0.05) is 22.5 Å². The highest BCUT2D eigenvalue weighted by molar-refractivity contribution is 6.31. The molecule has 0 saturated heterocycles. The molecule has 0 saturated carbocycles. The zero-order valence-electron chi connectivity index (χ0n) is 8.91. The summed E-state index contributed by atoms with van der Waals surface area (Å²) in [6.07, 6.45) is -0.202. The summed E-state index contributed by atoms with van der Waals surface area (Å²) in [7, 11) is 1.21. The van der Waals surface area contributed by atoms with Gasteiger partial charge in [0.05, 0.1) is 18.5 Å². The van der Waals surface area contributed by atoms with Crippen molar-refractivity contribution in [3.63, 3.8) is 0 Å². The molecule has 7 heteroatoms. The Balaban J connectivity index is 3.31. The summed E-state index contributed by atoms with van der Waals surface area (Å²) in [4.78, 5) is 21.5. The van der Waals surface area contributed by atoms with Gasteiger partial charge >= 0.3 is 5.97 Å². The maximum absolute atomic E-state index is 11.2. The Hall–Kier alpha value is -1.33. The van der Waals surface area contributed by atoms with Crippen molar-refractivity contribution in [2.75, 3.05) is 7.11 Å². The van der Waals surface area contributed by atoms with Crippen LogP contribution in [0.2, 0.25) is 5.02 Å². The molecule has 0 spiro atoms. The molecule has 0 aliphatic heterocycles. The topological polar surface area (TPSA) is 69.4 Å². The number of esters is 1. The van der Waals surface area contributed by atoms with Gasteiger partial charge < -0.3 is 4.74 Å². The Morgan fingerprint density at radius 1 is 1.53 bits per heavy atom. The minimum atomic E-state index is -0.597. The van der Waals surface area contributed by atoms with E-state index in [4.69, 9.17) is 23.2 Å². The fourth-order valence-electron chi connectivity index (χ4n) is 1.38. The monoisotopic (exact) mass is 277 g/mol. The normalized spacial score (nSPS) is 10.1. The largest absolute Gasteiger partial charge is 0.469 e. The lowest BCUT2D eigenvalue weighted by Gasteiger charge is -2.07. The van der Waals surface area contributed by atoms with Crippen molar-refractivity contribution in [1.82, 2.24) is 0 Å². The Kier molecular flexibility index (Phi) is 4.72. The number of hydrogen-bond acceptors (Lipinski definition) is 4. The van der Waals surface area contributed by atoms with E-state index in [0.717, 1.165) is 0 Å². The fraction of sp³-hybridized carbons (Fsp3) is 0.300. The molecule has 0 aliphatic rings. The molecule has 0 heterocycles. The van der Waals surface area contributed by atoms with Gasteiger partial charge in [-0.25, -0.2) is 0 Å². The summed E-state index contributed by atoms with van der Waals surface area (Å²) in [6, 6.07) is 2.69. The average Bonchev–Trinajstić information content (AvgIpc) is 2.30. The van der Waals surface area contributed by atoms with Gasteiger partial charge in [0.15, 0.2) is 0 Å². The quantitative estimate of drug-likeness (QED) is 0.367. The van der Waals surface area contributed by atoms with E-state index >= 15 is 0 Å². The predicted molar refractivity (Wildman–Crippen MR) is 63.4 cm³/mol. The lowest BCUT2D eigenvalue weighted by Crippen LogP contribution is -2.09. The molecular weight excluding hydrogens is 269 g/mol. The van der Waals surface area contributed by atoms with Gasteiger partial charge in [0.1, 0.15) is 0 Å². The van der Waals surface area contributed by atoms with Crippen molar-refractivity contribution in [1.29, 1.82) is 0 Å². The minimum Gasteiger partial charge on any atom is -0.469 e. The van der Waals surface area contributed by atoms with Crippen LogP contribution >= 0.6 is 23.2 Å². The Bertz CT molecular complexity index is 462. The van der Waals surface area contributed by atoms with E-state index in [0.29, 0.717) is 5.56 Å². The summed E-state index contributed by atoms with van der Waals surface area (Å²) >= 11 is 11.4. The predicted octanol–water partition coefficient (Wildman–Crippen LogP) is 2.70. The van der Waals surface area contributed by atoms with Gasteiger partial charge in [-0.3, -0.25) is 14.9 Å². The molecule has 0 atom stereocenters. The zero-order valence-corrected chi connectivity index (χ0v) is 10.4.